The number of pyridine rings is 1. The van der Waals surface area contributed by atoms with Gasteiger partial charge in [0.05, 0.1) is 0 Å². The standard InChI is InChI=1S/C14H13F2N/c1-3-10-6-9(2)17-8-13(10)12-5-4-11(15)7-14(12)16/h4-8H,3H2,1-2H3. The summed E-state index contributed by atoms with van der Waals surface area (Å²) in [5.41, 5.74) is 3.04. The number of aromatic nitrogens is 1. The maximum Gasteiger partial charge on any atom is 0.134 e. The van der Waals surface area contributed by atoms with Crippen molar-refractivity contribution in [2.45, 2.75) is 20.3 Å². The molecule has 0 fully saturated rings. The lowest BCUT2D eigenvalue weighted by atomic mass is 9.99. The third-order valence-corrected chi connectivity index (χ3v) is 2.73. The van der Waals surface area contributed by atoms with Crippen molar-refractivity contribution in [3.05, 3.63) is 53.4 Å². The highest BCUT2D eigenvalue weighted by Crippen LogP contribution is 2.27. The normalized spacial score (nSPS) is 10.6. The molecule has 88 valence electrons. The first-order valence-corrected chi connectivity index (χ1v) is 5.52. The van der Waals surface area contributed by atoms with Crippen molar-refractivity contribution in [1.29, 1.82) is 0 Å². The van der Waals surface area contributed by atoms with Gasteiger partial charge in [-0.1, -0.05) is 6.92 Å². The zero-order chi connectivity index (χ0) is 12.4. The summed E-state index contributed by atoms with van der Waals surface area (Å²) >= 11 is 0. The molecule has 2 aromatic rings. The van der Waals surface area contributed by atoms with Crippen LogP contribution in [-0.4, -0.2) is 4.98 Å². The largest absolute Gasteiger partial charge is 0.261 e. The molecule has 0 unspecified atom stereocenters. The predicted octanol–water partition coefficient (Wildman–Crippen LogP) is 3.90. The average Bonchev–Trinajstić information content (AvgIpc) is 2.30. The summed E-state index contributed by atoms with van der Waals surface area (Å²) in [6, 6.07) is 5.54. The van der Waals surface area contributed by atoms with Gasteiger partial charge in [0.25, 0.3) is 0 Å². The lowest BCUT2D eigenvalue weighted by molar-refractivity contribution is 0.585. The monoisotopic (exact) mass is 233 g/mol. The van der Waals surface area contributed by atoms with Gasteiger partial charge in [0, 0.05) is 29.1 Å². The summed E-state index contributed by atoms with van der Waals surface area (Å²) in [5, 5.41) is 0. The Morgan fingerprint density at radius 1 is 1.12 bits per heavy atom. The van der Waals surface area contributed by atoms with E-state index >= 15 is 0 Å². The van der Waals surface area contributed by atoms with Gasteiger partial charge >= 0.3 is 0 Å². The summed E-state index contributed by atoms with van der Waals surface area (Å²) in [4.78, 5) is 4.17. The molecular formula is C14H13F2N. The van der Waals surface area contributed by atoms with E-state index in [0.717, 1.165) is 29.3 Å². The van der Waals surface area contributed by atoms with Gasteiger partial charge in [-0.15, -0.1) is 0 Å². The molecule has 0 aliphatic carbocycles. The van der Waals surface area contributed by atoms with E-state index in [9.17, 15) is 8.78 Å². The summed E-state index contributed by atoms with van der Waals surface area (Å²) < 4.78 is 26.5. The van der Waals surface area contributed by atoms with Gasteiger partial charge in [0.15, 0.2) is 0 Å². The van der Waals surface area contributed by atoms with Crippen LogP contribution in [-0.2, 0) is 6.42 Å². The molecule has 0 amide bonds. The van der Waals surface area contributed by atoms with Gasteiger partial charge < -0.3 is 0 Å². The third-order valence-electron chi connectivity index (χ3n) is 2.73. The minimum Gasteiger partial charge on any atom is -0.261 e. The van der Waals surface area contributed by atoms with E-state index in [1.54, 1.807) is 6.20 Å². The minimum absolute atomic E-state index is 0.399. The van der Waals surface area contributed by atoms with Gasteiger partial charge in [-0.05, 0) is 37.1 Å². The second-order valence-corrected chi connectivity index (χ2v) is 3.96. The van der Waals surface area contributed by atoms with Gasteiger partial charge in [0.2, 0.25) is 0 Å². The van der Waals surface area contributed by atoms with Crippen molar-refractivity contribution >= 4 is 0 Å². The molecule has 0 aliphatic heterocycles. The molecule has 3 heteroatoms. The second kappa shape index (κ2) is 4.62. The molecule has 0 atom stereocenters. The van der Waals surface area contributed by atoms with Gasteiger partial charge in [0.1, 0.15) is 11.6 Å². The summed E-state index contributed by atoms with van der Waals surface area (Å²) in [6.07, 6.45) is 2.43. The molecule has 0 N–H and O–H groups in total. The number of aryl methyl sites for hydroxylation is 2. The Balaban J connectivity index is 2.60. The lowest BCUT2D eigenvalue weighted by Crippen LogP contribution is -1.94. The highest BCUT2D eigenvalue weighted by atomic mass is 19.1. The van der Waals surface area contributed by atoms with E-state index in [4.69, 9.17) is 0 Å². The van der Waals surface area contributed by atoms with Crippen molar-refractivity contribution in [3.63, 3.8) is 0 Å². The Morgan fingerprint density at radius 2 is 1.88 bits per heavy atom. The Hall–Kier alpha value is -1.77. The number of halogens is 2. The number of hydrogen-bond acceptors (Lipinski definition) is 1. The highest BCUT2D eigenvalue weighted by Gasteiger charge is 2.10. The molecule has 17 heavy (non-hydrogen) atoms. The molecule has 0 saturated carbocycles. The first kappa shape index (κ1) is 11.7. The Labute approximate surface area is 99.1 Å². The van der Waals surface area contributed by atoms with E-state index in [-0.39, 0.29) is 0 Å². The Kier molecular flexibility index (Phi) is 3.18. The van der Waals surface area contributed by atoms with Crippen molar-refractivity contribution < 1.29 is 8.78 Å². The zero-order valence-corrected chi connectivity index (χ0v) is 9.80. The van der Waals surface area contributed by atoms with E-state index < -0.39 is 11.6 Å². The number of rotatable bonds is 2. The molecule has 1 nitrogen and oxygen atoms in total. The molecule has 1 aromatic carbocycles. The topological polar surface area (TPSA) is 12.9 Å². The molecule has 0 spiro atoms. The van der Waals surface area contributed by atoms with Crippen LogP contribution in [0.1, 0.15) is 18.2 Å². The quantitative estimate of drug-likeness (QED) is 0.766. The predicted molar refractivity (Wildman–Crippen MR) is 63.7 cm³/mol. The highest BCUT2D eigenvalue weighted by molar-refractivity contribution is 5.67. The van der Waals surface area contributed by atoms with E-state index in [2.05, 4.69) is 4.98 Å². The van der Waals surface area contributed by atoms with E-state index in [1.165, 1.54) is 12.1 Å². The first-order chi connectivity index (χ1) is 8.11. The molecule has 1 aromatic heterocycles. The Bertz CT molecular complexity index is 550. The maximum absolute atomic E-state index is 13.7. The van der Waals surface area contributed by atoms with Crippen molar-refractivity contribution in [2.75, 3.05) is 0 Å². The second-order valence-electron chi connectivity index (χ2n) is 3.96. The summed E-state index contributed by atoms with van der Waals surface area (Å²) in [7, 11) is 0. The lowest BCUT2D eigenvalue weighted by Gasteiger charge is -2.09. The first-order valence-electron chi connectivity index (χ1n) is 5.52. The number of benzene rings is 1. The SMILES string of the molecule is CCc1cc(C)ncc1-c1ccc(F)cc1F. The van der Waals surface area contributed by atoms with Crippen LogP contribution < -0.4 is 0 Å². The van der Waals surface area contributed by atoms with Crippen LogP contribution in [0.3, 0.4) is 0 Å². The van der Waals surface area contributed by atoms with Crippen LogP contribution in [0.4, 0.5) is 8.78 Å². The fourth-order valence-corrected chi connectivity index (χ4v) is 1.86. The van der Waals surface area contributed by atoms with Crippen LogP contribution in [0, 0.1) is 18.6 Å². The zero-order valence-electron chi connectivity index (χ0n) is 9.80. The smallest absolute Gasteiger partial charge is 0.134 e. The van der Waals surface area contributed by atoms with Crippen LogP contribution in [0.5, 0.6) is 0 Å². The molecule has 0 radical (unpaired) electrons. The molecule has 1 heterocycles. The summed E-state index contributed by atoms with van der Waals surface area (Å²) in [5.74, 6) is -1.12. The maximum atomic E-state index is 13.7. The van der Waals surface area contributed by atoms with Gasteiger partial charge in [-0.25, -0.2) is 8.78 Å². The Morgan fingerprint density at radius 3 is 2.53 bits per heavy atom. The van der Waals surface area contributed by atoms with Crippen LogP contribution in [0.15, 0.2) is 30.5 Å². The number of hydrogen-bond donors (Lipinski definition) is 0. The molecule has 0 aliphatic rings. The van der Waals surface area contributed by atoms with Crippen molar-refractivity contribution in [1.82, 2.24) is 4.98 Å². The molecule has 0 bridgehead atoms. The van der Waals surface area contributed by atoms with Crippen LogP contribution >= 0.6 is 0 Å². The number of nitrogens with zero attached hydrogens (tertiary/aromatic N) is 1. The third kappa shape index (κ3) is 2.33. The molecular weight excluding hydrogens is 220 g/mol. The van der Waals surface area contributed by atoms with Crippen molar-refractivity contribution in [2.24, 2.45) is 0 Å². The van der Waals surface area contributed by atoms with Gasteiger partial charge in [-0.2, -0.15) is 0 Å². The van der Waals surface area contributed by atoms with E-state index in [0.29, 0.717) is 5.56 Å². The fraction of sp³-hybridized carbons (Fsp3) is 0.214. The van der Waals surface area contributed by atoms with Gasteiger partial charge in [-0.3, -0.25) is 4.98 Å². The van der Waals surface area contributed by atoms with Crippen LogP contribution in [0.25, 0.3) is 11.1 Å². The minimum atomic E-state index is -0.565. The van der Waals surface area contributed by atoms with E-state index in [1.807, 2.05) is 19.9 Å². The summed E-state index contributed by atoms with van der Waals surface area (Å²) in [6.45, 7) is 3.89. The van der Waals surface area contributed by atoms with Crippen molar-refractivity contribution in [3.8, 4) is 11.1 Å². The van der Waals surface area contributed by atoms with Crippen LogP contribution in [0.2, 0.25) is 0 Å². The average molecular weight is 233 g/mol. The molecule has 0 saturated heterocycles. The molecule has 2 rings (SSSR count). The fourth-order valence-electron chi connectivity index (χ4n) is 1.86.